The number of carbonyl (C=O) groups is 2. The topological polar surface area (TPSA) is 122 Å². The van der Waals surface area contributed by atoms with Crippen LogP contribution in [0.4, 0.5) is 11.4 Å². The van der Waals surface area contributed by atoms with Gasteiger partial charge in [0.25, 0.3) is 11.6 Å². The van der Waals surface area contributed by atoms with Crippen LogP contribution < -0.4 is 10.6 Å². The molecule has 8 nitrogen and oxygen atoms in total. The number of hydrogen-bond acceptors (Lipinski definition) is 5. The van der Waals surface area contributed by atoms with Crippen molar-refractivity contribution in [1.82, 2.24) is 5.32 Å². The van der Waals surface area contributed by atoms with Gasteiger partial charge in [0, 0.05) is 24.7 Å². The zero-order valence-corrected chi connectivity index (χ0v) is 11.8. The average Bonchev–Trinajstić information content (AvgIpc) is 2.45. The van der Waals surface area contributed by atoms with Crippen LogP contribution in [0.15, 0.2) is 18.2 Å². The van der Waals surface area contributed by atoms with E-state index in [1.165, 1.54) is 19.2 Å². The number of carbonyl (C=O) groups excluding carboxylic acids is 1. The number of nitro groups is 1. The fourth-order valence-electron chi connectivity index (χ4n) is 1.82. The normalized spacial score (nSPS) is 11.5. The zero-order chi connectivity index (χ0) is 16.0. The lowest BCUT2D eigenvalue weighted by molar-refractivity contribution is -0.384. The number of aliphatic carboxylic acids is 1. The van der Waals surface area contributed by atoms with Crippen molar-refractivity contribution >= 4 is 23.3 Å². The van der Waals surface area contributed by atoms with Gasteiger partial charge in [0.1, 0.15) is 5.69 Å². The highest BCUT2D eigenvalue weighted by molar-refractivity contribution is 5.95. The van der Waals surface area contributed by atoms with E-state index in [1.54, 1.807) is 6.92 Å². The lowest BCUT2D eigenvalue weighted by Crippen LogP contribution is -2.23. The largest absolute Gasteiger partial charge is 0.481 e. The van der Waals surface area contributed by atoms with E-state index in [9.17, 15) is 19.7 Å². The number of carboxylic acids is 1. The smallest absolute Gasteiger partial charge is 0.305 e. The first kappa shape index (κ1) is 16.4. The van der Waals surface area contributed by atoms with Crippen molar-refractivity contribution in [3.8, 4) is 0 Å². The third-order valence-electron chi connectivity index (χ3n) is 2.96. The molecule has 0 bridgehead atoms. The molecule has 1 atom stereocenters. The molecule has 114 valence electrons. The van der Waals surface area contributed by atoms with Crippen LogP contribution in [-0.2, 0) is 4.79 Å². The lowest BCUT2D eigenvalue weighted by Gasteiger charge is -2.16. The van der Waals surface area contributed by atoms with Crippen LogP contribution in [0.25, 0.3) is 0 Å². The molecular formula is C13H17N3O5. The number of nitro benzene ring substituents is 1. The van der Waals surface area contributed by atoms with Crippen LogP contribution in [0.3, 0.4) is 0 Å². The minimum Gasteiger partial charge on any atom is -0.481 e. The molecule has 0 aliphatic rings. The Bertz CT molecular complexity index is 559. The van der Waals surface area contributed by atoms with Gasteiger partial charge in [0.2, 0.25) is 0 Å². The standard InChI is InChI=1S/C13H17N3O5/c1-3-9(7-12(17)18)15-10-5-4-8(13(19)14-2)6-11(10)16(20)21/h4-6,9,15H,3,7H2,1-2H3,(H,14,19)(H,17,18). The summed E-state index contributed by atoms with van der Waals surface area (Å²) >= 11 is 0. The second kappa shape index (κ2) is 7.22. The number of benzene rings is 1. The molecule has 3 N–H and O–H groups in total. The van der Waals surface area contributed by atoms with Gasteiger partial charge in [0.05, 0.1) is 11.3 Å². The predicted octanol–water partition coefficient (Wildman–Crippen LogP) is 1.62. The summed E-state index contributed by atoms with van der Waals surface area (Å²) in [6.45, 7) is 1.78. The lowest BCUT2D eigenvalue weighted by atomic mass is 10.1. The van der Waals surface area contributed by atoms with Gasteiger partial charge in [-0.25, -0.2) is 0 Å². The summed E-state index contributed by atoms with van der Waals surface area (Å²) in [5.74, 6) is -1.42. The monoisotopic (exact) mass is 295 g/mol. The van der Waals surface area contributed by atoms with E-state index in [2.05, 4.69) is 10.6 Å². The van der Waals surface area contributed by atoms with Crippen molar-refractivity contribution in [3.63, 3.8) is 0 Å². The molecule has 1 rings (SSSR count). The highest BCUT2D eigenvalue weighted by Gasteiger charge is 2.20. The van der Waals surface area contributed by atoms with Crippen LogP contribution >= 0.6 is 0 Å². The number of anilines is 1. The number of amides is 1. The Labute approximate surface area is 121 Å². The highest BCUT2D eigenvalue weighted by Crippen LogP contribution is 2.27. The van der Waals surface area contributed by atoms with Gasteiger partial charge in [0.15, 0.2) is 0 Å². The molecule has 1 amide bonds. The van der Waals surface area contributed by atoms with Crippen LogP contribution in [0.1, 0.15) is 30.1 Å². The third kappa shape index (κ3) is 4.44. The summed E-state index contributed by atoms with van der Waals surface area (Å²) in [5, 5.41) is 25.1. The number of hydrogen-bond donors (Lipinski definition) is 3. The molecular weight excluding hydrogens is 278 g/mol. The Kier molecular flexibility index (Phi) is 5.65. The average molecular weight is 295 g/mol. The number of nitrogens with zero attached hydrogens (tertiary/aromatic N) is 1. The van der Waals surface area contributed by atoms with Crippen molar-refractivity contribution in [1.29, 1.82) is 0 Å². The summed E-state index contributed by atoms with van der Waals surface area (Å²) in [6.07, 6.45) is 0.353. The van der Waals surface area contributed by atoms with E-state index in [-0.39, 0.29) is 23.4 Å². The Balaban J connectivity index is 3.08. The molecule has 1 aromatic rings. The van der Waals surface area contributed by atoms with E-state index in [1.807, 2.05) is 0 Å². The molecule has 21 heavy (non-hydrogen) atoms. The van der Waals surface area contributed by atoms with E-state index in [4.69, 9.17) is 5.11 Å². The molecule has 1 unspecified atom stereocenters. The van der Waals surface area contributed by atoms with Crippen molar-refractivity contribution in [2.45, 2.75) is 25.8 Å². The Morgan fingerprint density at radius 2 is 2.10 bits per heavy atom. The van der Waals surface area contributed by atoms with Crippen molar-refractivity contribution in [2.75, 3.05) is 12.4 Å². The third-order valence-corrected chi connectivity index (χ3v) is 2.96. The summed E-state index contributed by atoms with van der Waals surface area (Å²) in [4.78, 5) is 32.7. The quantitative estimate of drug-likeness (QED) is 0.519. The van der Waals surface area contributed by atoms with Gasteiger partial charge in [-0.1, -0.05) is 6.92 Å². The summed E-state index contributed by atoms with van der Waals surface area (Å²) in [5.41, 5.74) is 0.0988. The molecule has 0 saturated heterocycles. The van der Waals surface area contributed by atoms with Crippen molar-refractivity contribution in [3.05, 3.63) is 33.9 Å². The van der Waals surface area contributed by atoms with Gasteiger partial charge in [-0.2, -0.15) is 0 Å². The van der Waals surface area contributed by atoms with Gasteiger partial charge in [-0.05, 0) is 18.6 Å². The molecule has 0 aliphatic carbocycles. The number of carboxylic acid groups (broad SMARTS) is 1. The van der Waals surface area contributed by atoms with Gasteiger partial charge in [-0.15, -0.1) is 0 Å². The fraction of sp³-hybridized carbons (Fsp3) is 0.385. The molecule has 0 radical (unpaired) electrons. The van der Waals surface area contributed by atoms with E-state index < -0.39 is 22.8 Å². The molecule has 0 spiro atoms. The molecule has 8 heteroatoms. The van der Waals surface area contributed by atoms with Gasteiger partial charge in [-0.3, -0.25) is 19.7 Å². The molecule has 0 fully saturated rings. The van der Waals surface area contributed by atoms with E-state index in [0.717, 1.165) is 6.07 Å². The van der Waals surface area contributed by atoms with Gasteiger partial charge >= 0.3 is 5.97 Å². The van der Waals surface area contributed by atoms with Crippen LogP contribution in [0, 0.1) is 10.1 Å². The van der Waals surface area contributed by atoms with Crippen LogP contribution in [0.2, 0.25) is 0 Å². The van der Waals surface area contributed by atoms with E-state index >= 15 is 0 Å². The van der Waals surface area contributed by atoms with Gasteiger partial charge < -0.3 is 15.7 Å². The zero-order valence-electron chi connectivity index (χ0n) is 11.8. The van der Waals surface area contributed by atoms with Crippen LogP contribution in [0.5, 0.6) is 0 Å². The molecule has 0 heterocycles. The molecule has 0 aromatic heterocycles. The second-order valence-corrected chi connectivity index (χ2v) is 4.42. The first-order chi connectivity index (χ1) is 9.88. The van der Waals surface area contributed by atoms with E-state index in [0.29, 0.717) is 6.42 Å². The summed E-state index contributed by atoms with van der Waals surface area (Å²) in [6, 6.07) is 3.59. The predicted molar refractivity (Wildman–Crippen MR) is 76.4 cm³/mol. The Morgan fingerprint density at radius 1 is 1.43 bits per heavy atom. The minimum absolute atomic E-state index is 0.148. The first-order valence-electron chi connectivity index (χ1n) is 6.37. The number of rotatable bonds is 7. The summed E-state index contributed by atoms with van der Waals surface area (Å²) < 4.78 is 0. The van der Waals surface area contributed by atoms with Crippen LogP contribution in [-0.4, -0.2) is 35.0 Å². The SMILES string of the molecule is CCC(CC(=O)O)Nc1ccc(C(=O)NC)cc1[N+](=O)[O-]. The number of nitrogens with one attached hydrogen (secondary N) is 2. The molecule has 0 aliphatic heterocycles. The highest BCUT2D eigenvalue weighted by atomic mass is 16.6. The Morgan fingerprint density at radius 3 is 2.57 bits per heavy atom. The van der Waals surface area contributed by atoms with Crippen molar-refractivity contribution in [2.24, 2.45) is 0 Å². The fourth-order valence-corrected chi connectivity index (χ4v) is 1.82. The molecule has 1 aromatic carbocycles. The Hall–Kier alpha value is -2.64. The second-order valence-electron chi connectivity index (χ2n) is 4.42. The van der Waals surface area contributed by atoms with Crippen molar-refractivity contribution < 1.29 is 19.6 Å². The molecule has 0 saturated carbocycles. The maximum atomic E-state index is 11.5. The maximum Gasteiger partial charge on any atom is 0.305 e. The first-order valence-corrected chi connectivity index (χ1v) is 6.37. The minimum atomic E-state index is -0.987. The summed E-state index contributed by atoms with van der Waals surface area (Å²) in [7, 11) is 1.43. The maximum absolute atomic E-state index is 11.5.